The quantitative estimate of drug-likeness (QED) is 0.209. The van der Waals surface area contributed by atoms with E-state index >= 15 is 0 Å². The first kappa shape index (κ1) is 26.7. The Hall–Kier alpha value is -4.88. The first-order valence-electron chi connectivity index (χ1n) is 10.9. The van der Waals surface area contributed by atoms with E-state index in [2.05, 4.69) is 15.0 Å². The monoisotopic (exact) mass is 569 g/mol. The lowest BCUT2D eigenvalue weighted by Crippen LogP contribution is -2.23. The van der Waals surface area contributed by atoms with Gasteiger partial charge in [0.05, 0.1) is 16.8 Å². The molecule has 2 aromatic heterocycles. The summed E-state index contributed by atoms with van der Waals surface area (Å²) in [5, 5.41) is -0.917. The van der Waals surface area contributed by atoms with Crippen molar-refractivity contribution < 1.29 is 48.7 Å². The highest BCUT2D eigenvalue weighted by Crippen LogP contribution is 2.31. The Morgan fingerprint density at radius 1 is 0.575 bits per heavy atom. The van der Waals surface area contributed by atoms with E-state index in [0.29, 0.717) is 0 Å². The third kappa shape index (κ3) is 4.03. The van der Waals surface area contributed by atoms with Gasteiger partial charge in [-0.15, -0.1) is 0 Å². The fourth-order valence-electron chi connectivity index (χ4n) is 4.12. The van der Waals surface area contributed by atoms with Crippen molar-refractivity contribution in [2.45, 2.75) is 0 Å². The Balaban J connectivity index is 1.96. The van der Waals surface area contributed by atoms with Crippen molar-refractivity contribution in [3.05, 3.63) is 128 Å². The van der Waals surface area contributed by atoms with E-state index in [-0.39, 0.29) is 5.69 Å². The minimum Gasteiger partial charge on any atom is -0.361 e. The zero-order valence-electron chi connectivity index (χ0n) is 19.2. The number of carbonyl (C=O) groups excluding carboxylic acids is 1. The second-order valence-electron chi connectivity index (χ2n) is 8.18. The van der Waals surface area contributed by atoms with Gasteiger partial charge < -0.3 is 9.97 Å². The van der Waals surface area contributed by atoms with E-state index in [4.69, 9.17) is 0 Å². The van der Waals surface area contributed by atoms with Crippen molar-refractivity contribution in [1.29, 1.82) is 0 Å². The van der Waals surface area contributed by atoms with Crippen molar-refractivity contribution in [2.75, 3.05) is 0 Å². The summed E-state index contributed by atoms with van der Waals surface area (Å²) >= 11 is 0. The summed E-state index contributed by atoms with van der Waals surface area (Å²) in [5.41, 5.74) is -5.12. The normalized spacial score (nSPS) is 14.7. The van der Waals surface area contributed by atoms with Crippen molar-refractivity contribution in [2.24, 2.45) is 4.99 Å². The second-order valence-corrected chi connectivity index (χ2v) is 8.18. The van der Waals surface area contributed by atoms with Gasteiger partial charge in [0.25, 0.3) is 5.91 Å². The highest BCUT2D eigenvalue weighted by Gasteiger charge is 2.32. The molecule has 0 bridgehead atoms. The molecular weight excluding hydrogens is 560 g/mol. The molecule has 2 aromatic carbocycles. The van der Waals surface area contributed by atoms with Crippen molar-refractivity contribution in [1.82, 2.24) is 9.97 Å². The predicted molar refractivity (Wildman–Crippen MR) is 119 cm³/mol. The standard InChI is InChI=1S/C26H9F10N3O/c27-17-15(18(28)22(32)25(35)21(17)31)13(8-2-1-7-37-8)9-3-4-10(38-9)14(11-5-6-12(40)39-11)16-19(29)23(33)26(36)24(34)20(16)30/h1-7,37-38H/b13-9+,14-10?. The maximum atomic E-state index is 14.8. The average molecular weight is 569 g/mol. The van der Waals surface area contributed by atoms with E-state index < -0.39 is 103 Å². The molecule has 0 saturated heterocycles. The number of aliphatic imine (C=N–C) groups is 1. The first-order valence-corrected chi connectivity index (χ1v) is 10.9. The van der Waals surface area contributed by atoms with Crippen LogP contribution >= 0.6 is 0 Å². The third-order valence-electron chi connectivity index (χ3n) is 5.88. The average Bonchev–Trinajstić information content (AvgIpc) is 3.72. The van der Waals surface area contributed by atoms with E-state index in [1.165, 1.54) is 18.3 Å². The molecular formula is C26H9F10N3O. The molecule has 4 nitrogen and oxygen atoms in total. The van der Waals surface area contributed by atoms with Crippen LogP contribution < -0.4 is 10.7 Å². The number of carbonyl (C=O) groups is 1. The molecule has 5 rings (SSSR count). The number of hydrogen-bond acceptors (Lipinski definition) is 1. The van der Waals surface area contributed by atoms with Gasteiger partial charge in [-0.05, 0) is 30.3 Å². The zero-order chi connectivity index (χ0) is 29.0. The lowest BCUT2D eigenvalue weighted by Gasteiger charge is -2.12. The molecule has 3 heterocycles. The highest BCUT2D eigenvalue weighted by molar-refractivity contribution is 6.34. The number of rotatable bonds is 4. The third-order valence-corrected chi connectivity index (χ3v) is 5.88. The minimum atomic E-state index is -2.46. The molecule has 0 spiro atoms. The molecule has 14 heteroatoms. The Bertz CT molecular complexity index is 1860. The van der Waals surface area contributed by atoms with Crippen LogP contribution in [-0.2, 0) is 4.79 Å². The number of hydrogen-bond donors (Lipinski definition) is 2. The molecule has 2 N–H and O–H groups in total. The van der Waals surface area contributed by atoms with Gasteiger partial charge in [-0.1, -0.05) is 0 Å². The predicted octanol–water partition coefficient (Wildman–Crippen LogP) is 4.72. The summed E-state index contributed by atoms with van der Waals surface area (Å²) < 4.78 is 143. The Labute approximate surface area is 215 Å². The topological polar surface area (TPSA) is 61.0 Å². The van der Waals surface area contributed by atoms with Gasteiger partial charge in [0.15, 0.2) is 46.5 Å². The van der Waals surface area contributed by atoms with Gasteiger partial charge in [-0.2, -0.15) is 0 Å². The first-order chi connectivity index (χ1) is 18.9. The van der Waals surface area contributed by atoms with Crippen LogP contribution in [0, 0.1) is 58.2 Å². The molecule has 0 radical (unpaired) electrons. The summed E-state index contributed by atoms with van der Waals surface area (Å²) in [6, 6.07) is 4.46. The van der Waals surface area contributed by atoms with Gasteiger partial charge >= 0.3 is 0 Å². The minimum absolute atomic E-state index is 0.192. The molecule has 1 aliphatic rings. The van der Waals surface area contributed by atoms with Crippen LogP contribution in [0.15, 0.2) is 47.6 Å². The van der Waals surface area contributed by atoms with Crippen LogP contribution in [-0.4, -0.2) is 21.6 Å². The van der Waals surface area contributed by atoms with Gasteiger partial charge in [0.1, 0.15) is 0 Å². The van der Waals surface area contributed by atoms with Gasteiger partial charge in [0, 0.05) is 39.8 Å². The maximum absolute atomic E-state index is 14.8. The highest BCUT2D eigenvalue weighted by atomic mass is 19.2. The molecule has 204 valence electrons. The van der Waals surface area contributed by atoms with Crippen molar-refractivity contribution >= 4 is 22.8 Å². The van der Waals surface area contributed by atoms with Crippen molar-refractivity contribution in [3.8, 4) is 0 Å². The summed E-state index contributed by atoms with van der Waals surface area (Å²) in [6.07, 6.45) is 2.99. The van der Waals surface area contributed by atoms with E-state index in [9.17, 15) is 48.7 Å². The smallest absolute Gasteiger partial charge is 0.270 e. The maximum Gasteiger partial charge on any atom is 0.270 e. The number of nitrogens with zero attached hydrogens (tertiary/aromatic N) is 1. The lowest BCUT2D eigenvalue weighted by atomic mass is 9.98. The molecule has 0 atom stereocenters. The fourth-order valence-corrected chi connectivity index (χ4v) is 4.12. The van der Waals surface area contributed by atoms with E-state index in [0.717, 1.165) is 24.3 Å². The largest absolute Gasteiger partial charge is 0.361 e. The molecule has 1 amide bonds. The molecule has 0 fully saturated rings. The van der Waals surface area contributed by atoms with Crippen LogP contribution in [0.3, 0.4) is 0 Å². The van der Waals surface area contributed by atoms with Crippen LogP contribution in [0.4, 0.5) is 43.9 Å². The van der Waals surface area contributed by atoms with E-state index in [1.807, 2.05) is 0 Å². The number of allylic oxidation sites excluding steroid dienone is 1. The Kier molecular flexibility index (Phi) is 6.48. The van der Waals surface area contributed by atoms with Gasteiger partial charge in [-0.3, -0.25) is 4.79 Å². The van der Waals surface area contributed by atoms with Crippen LogP contribution in [0.2, 0.25) is 0 Å². The number of halogens is 10. The fraction of sp³-hybridized carbons (Fsp3) is 0. The second kappa shape index (κ2) is 9.70. The number of aromatic amines is 2. The van der Waals surface area contributed by atoms with Crippen molar-refractivity contribution in [3.63, 3.8) is 0 Å². The number of benzene rings is 2. The zero-order valence-corrected chi connectivity index (χ0v) is 19.2. The summed E-state index contributed by atoms with van der Waals surface area (Å²) in [6.45, 7) is 0. The molecule has 4 aromatic rings. The van der Waals surface area contributed by atoms with Crippen LogP contribution in [0.5, 0.6) is 0 Å². The summed E-state index contributed by atoms with van der Waals surface area (Å²) in [4.78, 5) is 20.2. The molecule has 1 aliphatic heterocycles. The number of aromatic nitrogens is 2. The van der Waals surface area contributed by atoms with Gasteiger partial charge in [0.2, 0.25) is 11.6 Å². The molecule has 0 aliphatic carbocycles. The number of H-pyrrole nitrogens is 2. The Morgan fingerprint density at radius 3 is 1.45 bits per heavy atom. The SMILES string of the molecule is O=C1C=CC(C(c2c(F)c(F)c(F)c(F)c2F)=c2cc/c(=C(/c3ccc[nH]3)c3c(F)c(F)c(F)c(F)c3F)[nH]2)=N1. The molecule has 0 saturated carbocycles. The van der Waals surface area contributed by atoms with Crippen LogP contribution in [0.1, 0.15) is 16.8 Å². The van der Waals surface area contributed by atoms with E-state index in [1.54, 1.807) is 0 Å². The summed E-state index contributed by atoms with van der Waals surface area (Å²) in [5.74, 6) is -24.0. The number of amides is 1. The molecule has 40 heavy (non-hydrogen) atoms. The van der Waals surface area contributed by atoms with Crippen LogP contribution in [0.25, 0.3) is 11.1 Å². The Morgan fingerprint density at radius 2 is 1.02 bits per heavy atom. The van der Waals surface area contributed by atoms with Gasteiger partial charge in [-0.25, -0.2) is 48.9 Å². The summed E-state index contributed by atoms with van der Waals surface area (Å²) in [7, 11) is 0. The number of nitrogens with one attached hydrogen (secondary N) is 2. The lowest BCUT2D eigenvalue weighted by molar-refractivity contribution is -0.113. The molecule has 0 unspecified atom stereocenters.